The Bertz CT molecular complexity index is 810. The second kappa shape index (κ2) is 5.81. The van der Waals surface area contributed by atoms with Crippen LogP contribution in [0, 0.1) is 5.82 Å². The minimum Gasteiger partial charge on any atom is -0.478 e. The van der Waals surface area contributed by atoms with Crippen molar-refractivity contribution < 1.29 is 14.3 Å². The van der Waals surface area contributed by atoms with Crippen molar-refractivity contribution in [3.63, 3.8) is 0 Å². The number of hydrogen-bond donors (Lipinski definition) is 2. The average Bonchev–Trinajstić information content (AvgIpc) is 2.98. The van der Waals surface area contributed by atoms with Gasteiger partial charge in [0.2, 0.25) is 0 Å². The summed E-state index contributed by atoms with van der Waals surface area (Å²) in [5.41, 5.74) is 3.49. The highest BCUT2D eigenvalue weighted by atomic mass is 19.1. The topological polar surface area (TPSA) is 66.0 Å². The van der Waals surface area contributed by atoms with Crippen LogP contribution in [0.15, 0.2) is 54.6 Å². The zero-order valence-corrected chi connectivity index (χ0v) is 11.6. The molecule has 0 unspecified atom stereocenters. The number of nitrogens with one attached hydrogen (secondary N) is 1. The number of benzene rings is 2. The minimum absolute atomic E-state index is 0.223. The molecular formula is C17H13FN2O2. The molecule has 1 aromatic heterocycles. The van der Waals surface area contributed by atoms with Crippen LogP contribution in [0.4, 0.5) is 4.39 Å². The van der Waals surface area contributed by atoms with E-state index in [1.807, 2.05) is 12.1 Å². The van der Waals surface area contributed by atoms with E-state index in [1.165, 1.54) is 18.2 Å². The predicted octanol–water partition coefficient (Wildman–Crippen LogP) is 3.50. The lowest BCUT2D eigenvalue weighted by Crippen LogP contribution is -1.95. The minimum atomic E-state index is -0.969. The van der Waals surface area contributed by atoms with Crippen LogP contribution in [0.1, 0.15) is 21.6 Å². The largest absolute Gasteiger partial charge is 0.478 e. The molecule has 22 heavy (non-hydrogen) atoms. The third kappa shape index (κ3) is 3.03. The van der Waals surface area contributed by atoms with Gasteiger partial charge in [0.15, 0.2) is 0 Å². The van der Waals surface area contributed by atoms with Gasteiger partial charge in [0.25, 0.3) is 0 Å². The number of aromatic carboxylic acids is 1. The van der Waals surface area contributed by atoms with Crippen molar-refractivity contribution in [2.24, 2.45) is 0 Å². The number of aromatic amines is 1. The molecule has 0 radical (unpaired) electrons. The van der Waals surface area contributed by atoms with Gasteiger partial charge in [-0.15, -0.1) is 0 Å². The second-order valence-corrected chi connectivity index (χ2v) is 4.97. The number of carboxylic acids is 1. The number of H-pyrrole nitrogens is 1. The Labute approximate surface area is 126 Å². The van der Waals surface area contributed by atoms with E-state index in [-0.39, 0.29) is 11.4 Å². The quantitative estimate of drug-likeness (QED) is 0.774. The average molecular weight is 296 g/mol. The summed E-state index contributed by atoms with van der Waals surface area (Å²) in [6, 6.07) is 14.8. The molecule has 2 aromatic carbocycles. The molecule has 0 amide bonds. The highest BCUT2D eigenvalue weighted by Crippen LogP contribution is 2.20. The van der Waals surface area contributed by atoms with Crippen molar-refractivity contribution in [2.75, 3.05) is 0 Å². The lowest BCUT2D eigenvalue weighted by atomic mass is 10.1. The summed E-state index contributed by atoms with van der Waals surface area (Å²) < 4.78 is 12.9. The maximum atomic E-state index is 12.9. The molecule has 3 rings (SSSR count). The monoisotopic (exact) mass is 296 g/mol. The first-order chi connectivity index (χ1) is 10.6. The lowest BCUT2D eigenvalue weighted by Gasteiger charge is -1.99. The van der Waals surface area contributed by atoms with Crippen LogP contribution in [0.25, 0.3) is 11.3 Å². The van der Waals surface area contributed by atoms with Gasteiger partial charge >= 0.3 is 5.97 Å². The third-order valence-electron chi connectivity index (χ3n) is 3.34. The van der Waals surface area contributed by atoms with Gasteiger partial charge in [-0.1, -0.05) is 24.3 Å². The fourth-order valence-corrected chi connectivity index (χ4v) is 2.23. The van der Waals surface area contributed by atoms with Crippen LogP contribution >= 0.6 is 0 Å². The Morgan fingerprint density at radius 2 is 1.91 bits per heavy atom. The maximum Gasteiger partial charge on any atom is 0.335 e. The molecule has 5 heteroatoms. The highest BCUT2D eigenvalue weighted by Gasteiger charge is 2.08. The highest BCUT2D eigenvalue weighted by molar-refractivity contribution is 5.89. The number of carbonyl (C=O) groups is 1. The number of aromatic nitrogens is 2. The van der Waals surface area contributed by atoms with E-state index in [2.05, 4.69) is 10.2 Å². The SMILES string of the molecule is O=C(O)c1cccc(-c2cc(Cc3ccc(F)cc3)[nH]n2)c1. The van der Waals surface area contributed by atoms with Crippen molar-refractivity contribution in [3.05, 3.63) is 77.2 Å². The number of halogens is 1. The number of hydrogen-bond acceptors (Lipinski definition) is 2. The van der Waals surface area contributed by atoms with Crippen LogP contribution < -0.4 is 0 Å². The van der Waals surface area contributed by atoms with Gasteiger partial charge in [0.1, 0.15) is 5.82 Å². The fraction of sp³-hybridized carbons (Fsp3) is 0.0588. The van der Waals surface area contributed by atoms with Crippen molar-refractivity contribution in [1.29, 1.82) is 0 Å². The number of rotatable bonds is 4. The van der Waals surface area contributed by atoms with Gasteiger partial charge in [-0.05, 0) is 35.9 Å². The molecule has 0 atom stereocenters. The van der Waals surface area contributed by atoms with Gasteiger partial charge < -0.3 is 5.11 Å². The summed E-state index contributed by atoms with van der Waals surface area (Å²) in [5.74, 6) is -1.23. The maximum absolute atomic E-state index is 12.9. The smallest absolute Gasteiger partial charge is 0.335 e. The summed E-state index contributed by atoms with van der Waals surface area (Å²) >= 11 is 0. The molecule has 4 nitrogen and oxygen atoms in total. The Morgan fingerprint density at radius 3 is 2.64 bits per heavy atom. The van der Waals surface area contributed by atoms with Gasteiger partial charge in [0.05, 0.1) is 11.3 Å². The van der Waals surface area contributed by atoms with Gasteiger partial charge in [0, 0.05) is 17.7 Å². The zero-order valence-electron chi connectivity index (χ0n) is 11.6. The molecule has 0 aliphatic rings. The van der Waals surface area contributed by atoms with Crippen LogP contribution in [-0.4, -0.2) is 21.3 Å². The molecule has 0 saturated carbocycles. The predicted molar refractivity (Wildman–Crippen MR) is 80.2 cm³/mol. The van der Waals surface area contributed by atoms with E-state index in [1.54, 1.807) is 24.3 Å². The van der Waals surface area contributed by atoms with E-state index in [0.717, 1.165) is 16.8 Å². The molecule has 0 fully saturated rings. The second-order valence-electron chi connectivity index (χ2n) is 4.97. The normalized spacial score (nSPS) is 10.6. The molecular weight excluding hydrogens is 283 g/mol. The Morgan fingerprint density at radius 1 is 1.14 bits per heavy atom. The van der Waals surface area contributed by atoms with E-state index in [9.17, 15) is 9.18 Å². The molecule has 3 aromatic rings. The van der Waals surface area contributed by atoms with Crippen molar-refractivity contribution in [1.82, 2.24) is 10.2 Å². The molecule has 110 valence electrons. The van der Waals surface area contributed by atoms with E-state index >= 15 is 0 Å². The molecule has 0 bridgehead atoms. The summed E-state index contributed by atoms with van der Waals surface area (Å²) in [7, 11) is 0. The molecule has 0 spiro atoms. The van der Waals surface area contributed by atoms with E-state index in [0.29, 0.717) is 12.1 Å². The standard InChI is InChI=1S/C17H13FN2O2/c18-14-6-4-11(5-7-14)8-15-10-16(20-19-15)12-2-1-3-13(9-12)17(21)22/h1-7,9-10H,8H2,(H,19,20)(H,21,22). The van der Waals surface area contributed by atoms with Crippen LogP contribution in [-0.2, 0) is 6.42 Å². The molecule has 0 aliphatic heterocycles. The first-order valence-electron chi connectivity index (χ1n) is 6.74. The Balaban J connectivity index is 1.83. The van der Waals surface area contributed by atoms with Crippen molar-refractivity contribution in [3.8, 4) is 11.3 Å². The summed E-state index contributed by atoms with van der Waals surface area (Å²) in [6.07, 6.45) is 0.603. The van der Waals surface area contributed by atoms with E-state index in [4.69, 9.17) is 5.11 Å². The first-order valence-corrected chi connectivity index (χ1v) is 6.74. The fourth-order valence-electron chi connectivity index (χ4n) is 2.23. The van der Waals surface area contributed by atoms with Crippen LogP contribution in [0.3, 0.4) is 0 Å². The van der Waals surface area contributed by atoms with Crippen molar-refractivity contribution in [2.45, 2.75) is 6.42 Å². The van der Waals surface area contributed by atoms with Crippen LogP contribution in [0.2, 0.25) is 0 Å². The summed E-state index contributed by atoms with van der Waals surface area (Å²) in [5, 5.41) is 16.2. The molecule has 0 aliphatic carbocycles. The zero-order chi connectivity index (χ0) is 15.5. The third-order valence-corrected chi connectivity index (χ3v) is 3.34. The van der Waals surface area contributed by atoms with E-state index < -0.39 is 5.97 Å². The van der Waals surface area contributed by atoms with Gasteiger partial charge in [-0.3, -0.25) is 5.10 Å². The first kappa shape index (κ1) is 14.0. The van der Waals surface area contributed by atoms with Gasteiger partial charge in [-0.2, -0.15) is 5.10 Å². The van der Waals surface area contributed by atoms with Gasteiger partial charge in [-0.25, -0.2) is 9.18 Å². The molecule has 2 N–H and O–H groups in total. The Hall–Kier alpha value is -2.95. The lowest BCUT2D eigenvalue weighted by molar-refractivity contribution is 0.0697. The number of carboxylic acid groups (broad SMARTS) is 1. The van der Waals surface area contributed by atoms with Crippen LogP contribution in [0.5, 0.6) is 0 Å². The Kier molecular flexibility index (Phi) is 3.70. The molecule has 1 heterocycles. The molecule has 0 saturated heterocycles. The van der Waals surface area contributed by atoms with Crippen molar-refractivity contribution >= 4 is 5.97 Å². The summed E-state index contributed by atoms with van der Waals surface area (Å²) in [6.45, 7) is 0. The number of nitrogens with zero attached hydrogens (tertiary/aromatic N) is 1. The summed E-state index contributed by atoms with van der Waals surface area (Å²) in [4.78, 5) is 11.0.